The summed E-state index contributed by atoms with van der Waals surface area (Å²) in [5.74, 6) is 0.0466. The SMILES string of the molecule is CSCC[C@H](N)C(=O)OCC(=O)[C@@]1(O)CC[C@H]2[C@@H]3CCC4=CC(=O)CC[C@]4(C)[C@H]3[C@@H](O)C[C@@]21C. The van der Waals surface area contributed by atoms with Gasteiger partial charge in [-0.3, -0.25) is 14.4 Å². The fraction of sp³-hybridized carbons (Fsp3) is 0.808. The van der Waals surface area contributed by atoms with Gasteiger partial charge < -0.3 is 20.7 Å². The molecule has 190 valence electrons. The van der Waals surface area contributed by atoms with Gasteiger partial charge in [0.2, 0.25) is 5.78 Å². The third kappa shape index (κ3) is 3.98. The summed E-state index contributed by atoms with van der Waals surface area (Å²) in [6.07, 6.45) is 7.75. The average Bonchev–Trinajstić information content (AvgIpc) is 3.06. The molecule has 0 aromatic carbocycles. The first-order valence-corrected chi connectivity index (χ1v) is 14.0. The molecule has 0 radical (unpaired) electrons. The van der Waals surface area contributed by atoms with Gasteiger partial charge in [0, 0.05) is 11.8 Å². The topological polar surface area (TPSA) is 127 Å². The Hall–Kier alpha value is -1.22. The van der Waals surface area contributed by atoms with Crippen LogP contribution in [0.15, 0.2) is 11.6 Å². The lowest BCUT2D eigenvalue weighted by Gasteiger charge is -2.60. The Balaban J connectivity index is 1.51. The van der Waals surface area contributed by atoms with Crippen molar-refractivity contribution in [3.05, 3.63) is 11.6 Å². The van der Waals surface area contributed by atoms with Crippen LogP contribution in [0.4, 0.5) is 0 Å². The van der Waals surface area contributed by atoms with Crippen LogP contribution in [-0.2, 0) is 19.1 Å². The Kier molecular flexibility index (Phi) is 7.10. The smallest absolute Gasteiger partial charge is 0.323 e. The monoisotopic (exact) mass is 493 g/mol. The summed E-state index contributed by atoms with van der Waals surface area (Å²) in [7, 11) is 0. The summed E-state index contributed by atoms with van der Waals surface area (Å²) in [5.41, 5.74) is 4.35. The zero-order valence-electron chi connectivity index (χ0n) is 20.5. The molecule has 0 saturated heterocycles. The van der Waals surface area contributed by atoms with Crippen LogP contribution in [0.25, 0.3) is 0 Å². The van der Waals surface area contributed by atoms with Crippen LogP contribution in [0, 0.1) is 28.6 Å². The second kappa shape index (κ2) is 9.34. The highest BCUT2D eigenvalue weighted by Crippen LogP contribution is 2.67. The number of rotatable bonds is 7. The zero-order valence-corrected chi connectivity index (χ0v) is 21.4. The van der Waals surface area contributed by atoms with Gasteiger partial charge in [0.25, 0.3) is 0 Å². The molecule has 4 aliphatic carbocycles. The summed E-state index contributed by atoms with van der Waals surface area (Å²) < 4.78 is 5.21. The third-order valence-corrected chi connectivity index (χ3v) is 10.4. The van der Waals surface area contributed by atoms with Crippen LogP contribution < -0.4 is 5.73 Å². The lowest BCUT2D eigenvalue weighted by atomic mass is 9.45. The minimum Gasteiger partial charge on any atom is -0.456 e. The van der Waals surface area contributed by atoms with Gasteiger partial charge in [-0.1, -0.05) is 19.4 Å². The highest BCUT2D eigenvalue weighted by atomic mass is 32.2. The van der Waals surface area contributed by atoms with Crippen LogP contribution in [0.2, 0.25) is 0 Å². The van der Waals surface area contributed by atoms with Crippen LogP contribution in [0.3, 0.4) is 0 Å². The first-order chi connectivity index (χ1) is 16.0. The molecular weight excluding hydrogens is 454 g/mol. The molecule has 0 unspecified atom stereocenters. The molecular formula is C26H39NO6S. The molecule has 0 amide bonds. The Bertz CT molecular complexity index is 891. The molecule has 0 bridgehead atoms. The number of esters is 1. The molecule has 34 heavy (non-hydrogen) atoms. The molecule has 8 atom stereocenters. The van der Waals surface area contributed by atoms with Crippen molar-refractivity contribution < 1.29 is 29.3 Å². The van der Waals surface area contributed by atoms with Crippen molar-refractivity contribution in [1.29, 1.82) is 0 Å². The Morgan fingerprint density at radius 1 is 1.26 bits per heavy atom. The highest BCUT2D eigenvalue weighted by Gasteiger charge is 2.68. The predicted molar refractivity (Wildman–Crippen MR) is 130 cm³/mol. The molecule has 4 N–H and O–H groups in total. The van der Waals surface area contributed by atoms with Gasteiger partial charge in [-0.05, 0) is 86.2 Å². The van der Waals surface area contributed by atoms with Crippen molar-refractivity contribution in [2.75, 3.05) is 18.6 Å². The van der Waals surface area contributed by atoms with E-state index >= 15 is 0 Å². The molecule has 0 spiro atoms. The van der Waals surface area contributed by atoms with Gasteiger partial charge in [0.1, 0.15) is 11.6 Å². The lowest BCUT2D eigenvalue weighted by Crippen LogP contribution is -2.62. The van der Waals surface area contributed by atoms with E-state index in [2.05, 4.69) is 6.92 Å². The summed E-state index contributed by atoms with van der Waals surface area (Å²) >= 11 is 1.58. The first-order valence-electron chi connectivity index (χ1n) is 12.6. The van der Waals surface area contributed by atoms with Crippen LogP contribution in [0.5, 0.6) is 0 Å². The van der Waals surface area contributed by atoms with Crippen molar-refractivity contribution in [1.82, 2.24) is 0 Å². The minimum atomic E-state index is -1.65. The fourth-order valence-corrected chi connectivity index (χ4v) is 8.37. The van der Waals surface area contributed by atoms with Crippen molar-refractivity contribution in [3.63, 3.8) is 0 Å². The van der Waals surface area contributed by atoms with Gasteiger partial charge in [0.05, 0.1) is 6.10 Å². The highest BCUT2D eigenvalue weighted by molar-refractivity contribution is 7.98. The van der Waals surface area contributed by atoms with E-state index in [1.807, 2.05) is 13.2 Å². The first kappa shape index (κ1) is 25.9. The molecule has 0 aromatic rings. The maximum absolute atomic E-state index is 13.3. The van der Waals surface area contributed by atoms with E-state index in [-0.39, 0.29) is 29.0 Å². The number of hydrogen-bond acceptors (Lipinski definition) is 8. The van der Waals surface area contributed by atoms with Crippen molar-refractivity contribution in [2.45, 2.75) is 83.0 Å². The summed E-state index contributed by atoms with van der Waals surface area (Å²) in [6, 6.07) is -0.785. The largest absolute Gasteiger partial charge is 0.456 e. The quantitative estimate of drug-likeness (QED) is 0.462. The molecule has 3 fully saturated rings. The molecule has 4 aliphatic rings. The third-order valence-electron chi connectivity index (χ3n) is 9.79. The van der Waals surface area contributed by atoms with Gasteiger partial charge in [-0.25, -0.2) is 0 Å². The van der Waals surface area contributed by atoms with Gasteiger partial charge >= 0.3 is 5.97 Å². The van der Waals surface area contributed by atoms with E-state index in [4.69, 9.17) is 10.5 Å². The number of thioether (sulfide) groups is 1. The van der Waals surface area contributed by atoms with Crippen molar-refractivity contribution >= 4 is 29.3 Å². The predicted octanol–water partition coefficient (Wildman–Crippen LogP) is 2.41. The molecule has 7 nitrogen and oxygen atoms in total. The Morgan fingerprint density at radius 2 is 2.00 bits per heavy atom. The molecule has 0 heterocycles. The molecule has 0 aromatic heterocycles. The average molecular weight is 494 g/mol. The van der Waals surface area contributed by atoms with E-state index < -0.39 is 41.5 Å². The van der Waals surface area contributed by atoms with Gasteiger partial charge in [0.15, 0.2) is 12.4 Å². The standard InChI is InChI=1S/C26H39NO6S/c1-24-9-6-16(28)12-15(24)4-5-17-18-7-10-26(32,25(18,2)13-20(29)22(17)24)21(30)14-33-23(31)19(27)8-11-34-3/h12,17-20,22,29,32H,4-11,13-14,27H2,1-3H3/t17-,18-,19-,20-,22+,24-,25-,26-/m0/s1. The lowest BCUT2D eigenvalue weighted by molar-refractivity contribution is -0.184. The second-order valence-corrected chi connectivity index (χ2v) is 12.4. The number of aliphatic hydroxyl groups excluding tert-OH is 1. The fourth-order valence-electron chi connectivity index (χ4n) is 7.88. The molecule has 0 aliphatic heterocycles. The number of hydrogen-bond donors (Lipinski definition) is 3. The van der Waals surface area contributed by atoms with Gasteiger partial charge in [-0.15, -0.1) is 0 Å². The number of aliphatic hydroxyl groups is 2. The van der Waals surface area contributed by atoms with E-state index in [1.54, 1.807) is 17.8 Å². The number of nitrogens with two attached hydrogens (primary N) is 1. The number of Topliss-reactive ketones (excluding diaryl/α,β-unsaturated/α-hetero) is 1. The summed E-state index contributed by atoms with van der Waals surface area (Å²) in [5, 5.41) is 23.1. The van der Waals surface area contributed by atoms with Gasteiger partial charge in [-0.2, -0.15) is 11.8 Å². The summed E-state index contributed by atoms with van der Waals surface area (Å²) in [4.78, 5) is 37.5. The number of ether oxygens (including phenoxy) is 1. The maximum Gasteiger partial charge on any atom is 0.323 e. The number of carbonyl (C=O) groups excluding carboxylic acids is 3. The van der Waals surface area contributed by atoms with Crippen molar-refractivity contribution in [2.24, 2.45) is 34.3 Å². The van der Waals surface area contributed by atoms with E-state index in [0.29, 0.717) is 32.1 Å². The molecule has 4 rings (SSSR count). The Morgan fingerprint density at radius 3 is 2.71 bits per heavy atom. The second-order valence-electron chi connectivity index (χ2n) is 11.4. The van der Waals surface area contributed by atoms with E-state index in [9.17, 15) is 24.6 Å². The van der Waals surface area contributed by atoms with Crippen LogP contribution in [-0.4, -0.2) is 64.1 Å². The number of ketones is 2. The maximum atomic E-state index is 13.3. The molecule has 3 saturated carbocycles. The number of carbonyl (C=O) groups is 3. The van der Waals surface area contributed by atoms with E-state index in [0.717, 1.165) is 30.6 Å². The Labute approximate surface area is 206 Å². The van der Waals surface area contributed by atoms with Crippen LogP contribution in [0.1, 0.15) is 65.2 Å². The van der Waals surface area contributed by atoms with Crippen molar-refractivity contribution in [3.8, 4) is 0 Å². The van der Waals surface area contributed by atoms with Crippen LogP contribution >= 0.6 is 11.8 Å². The number of fused-ring (bicyclic) bond motifs is 5. The number of allylic oxidation sites excluding steroid dienone is 1. The summed E-state index contributed by atoms with van der Waals surface area (Å²) in [6.45, 7) is 3.60. The zero-order chi connectivity index (χ0) is 24.9. The normalized spacial score (nSPS) is 42.2. The van der Waals surface area contributed by atoms with E-state index in [1.165, 1.54) is 0 Å². The molecule has 8 heteroatoms. The minimum absolute atomic E-state index is 0.0170.